The first-order chi connectivity index (χ1) is 8.54. The van der Waals surface area contributed by atoms with Crippen LogP contribution in [0.5, 0.6) is 0 Å². The number of nitrogens with zero attached hydrogens (tertiary/aromatic N) is 1. The van der Waals surface area contributed by atoms with E-state index in [0.29, 0.717) is 35.4 Å². The van der Waals surface area contributed by atoms with Crippen molar-refractivity contribution in [2.75, 3.05) is 23.7 Å². The third-order valence-corrected chi connectivity index (χ3v) is 3.70. The molecule has 0 bridgehead atoms. The van der Waals surface area contributed by atoms with Crippen LogP contribution in [0, 0.1) is 5.82 Å². The van der Waals surface area contributed by atoms with Crippen LogP contribution in [0.15, 0.2) is 16.6 Å². The molecule has 18 heavy (non-hydrogen) atoms. The smallest absolute Gasteiger partial charge is 0.242 e. The van der Waals surface area contributed by atoms with Gasteiger partial charge in [-0.2, -0.15) is 0 Å². The molecule has 1 heterocycles. The van der Waals surface area contributed by atoms with Crippen molar-refractivity contribution in [1.82, 2.24) is 5.32 Å². The van der Waals surface area contributed by atoms with Crippen LogP contribution in [0.2, 0.25) is 0 Å². The van der Waals surface area contributed by atoms with Crippen molar-refractivity contribution in [3.05, 3.63) is 22.4 Å². The number of nitrogens with one attached hydrogen (secondary N) is 1. The van der Waals surface area contributed by atoms with Gasteiger partial charge in [-0.1, -0.05) is 6.92 Å². The summed E-state index contributed by atoms with van der Waals surface area (Å²) in [6.45, 7) is 3.19. The number of amides is 1. The van der Waals surface area contributed by atoms with Crippen LogP contribution in [0.4, 0.5) is 15.8 Å². The molecule has 1 unspecified atom stereocenters. The summed E-state index contributed by atoms with van der Waals surface area (Å²) < 4.78 is 13.7. The quantitative estimate of drug-likeness (QED) is 0.819. The molecule has 3 N–H and O–H groups in total. The topological polar surface area (TPSA) is 58.4 Å². The van der Waals surface area contributed by atoms with Gasteiger partial charge < -0.3 is 16.0 Å². The summed E-state index contributed by atoms with van der Waals surface area (Å²) in [6, 6.07) is 2.66. The lowest BCUT2D eigenvalue weighted by molar-refractivity contribution is -0.123. The van der Waals surface area contributed by atoms with Gasteiger partial charge in [-0.3, -0.25) is 4.79 Å². The summed E-state index contributed by atoms with van der Waals surface area (Å²) in [4.78, 5) is 13.7. The molecule has 0 spiro atoms. The van der Waals surface area contributed by atoms with Crippen LogP contribution >= 0.6 is 15.9 Å². The molecule has 1 aliphatic rings. The number of piperazine rings is 1. The molecule has 0 aromatic heterocycles. The summed E-state index contributed by atoms with van der Waals surface area (Å²) in [5.41, 5.74) is 6.90. The van der Waals surface area contributed by atoms with E-state index in [0.717, 1.165) is 0 Å². The fourth-order valence-corrected chi connectivity index (χ4v) is 2.54. The number of nitrogen functional groups attached to an aromatic ring is 1. The lowest BCUT2D eigenvalue weighted by atomic mass is 10.1. The molecule has 98 valence electrons. The standard InChI is InChI=1S/C12H15BrFN3O/c1-2-10-12(18)16-3-4-17(10)11-5-7(13)8(14)6-9(11)15/h5-6,10H,2-4,15H2,1H3,(H,16,18). The molecule has 0 aliphatic carbocycles. The van der Waals surface area contributed by atoms with Crippen LogP contribution in [-0.4, -0.2) is 25.0 Å². The lowest BCUT2D eigenvalue weighted by Crippen LogP contribution is -2.55. The first-order valence-corrected chi connectivity index (χ1v) is 6.62. The summed E-state index contributed by atoms with van der Waals surface area (Å²) in [5, 5.41) is 2.82. The van der Waals surface area contributed by atoms with Crippen LogP contribution in [0.1, 0.15) is 13.3 Å². The van der Waals surface area contributed by atoms with Crippen molar-refractivity contribution in [2.45, 2.75) is 19.4 Å². The lowest BCUT2D eigenvalue weighted by Gasteiger charge is -2.37. The molecular weight excluding hydrogens is 301 g/mol. The van der Waals surface area contributed by atoms with Gasteiger partial charge in [-0.15, -0.1) is 0 Å². The Bertz CT molecular complexity index is 481. The molecule has 1 saturated heterocycles. The highest BCUT2D eigenvalue weighted by molar-refractivity contribution is 9.10. The van der Waals surface area contributed by atoms with Crippen molar-refractivity contribution in [2.24, 2.45) is 0 Å². The molecule has 6 heteroatoms. The number of nitrogens with two attached hydrogens (primary N) is 1. The summed E-state index contributed by atoms with van der Waals surface area (Å²) >= 11 is 3.15. The fraction of sp³-hybridized carbons (Fsp3) is 0.417. The Hall–Kier alpha value is -1.30. The van der Waals surface area contributed by atoms with Gasteiger partial charge in [-0.05, 0) is 28.4 Å². The van der Waals surface area contributed by atoms with E-state index in [1.54, 1.807) is 6.07 Å². The van der Waals surface area contributed by atoms with E-state index >= 15 is 0 Å². The van der Waals surface area contributed by atoms with Gasteiger partial charge in [-0.25, -0.2) is 4.39 Å². The van der Waals surface area contributed by atoms with E-state index < -0.39 is 5.82 Å². The van der Waals surface area contributed by atoms with Gasteiger partial charge >= 0.3 is 0 Å². The Morgan fingerprint density at radius 3 is 3.00 bits per heavy atom. The average Bonchev–Trinajstić information content (AvgIpc) is 2.33. The molecular formula is C12H15BrFN3O. The van der Waals surface area contributed by atoms with E-state index in [9.17, 15) is 9.18 Å². The average molecular weight is 316 g/mol. The van der Waals surface area contributed by atoms with Gasteiger partial charge in [0, 0.05) is 19.2 Å². The third-order valence-electron chi connectivity index (χ3n) is 3.10. The Morgan fingerprint density at radius 2 is 2.33 bits per heavy atom. The number of hydrogen-bond acceptors (Lipinski definition) is 3. The zero-order chi connectivity index (χ0) is 13.3. The number of rotatable bonds is 2. The van der Waals surface area contributed by atoms with Crippen LogP contribution in [-0.2, 0) is 4.79 Å². The number of anilines is 2. The predicted octanol–water partition coefficient (Wildman–Crippen LogP) is 1.89. The second-order valence-corrected chi connectivity index (χ2v) is 5.09. The highest BCUT2D eigenvalue weighted by Crippen LogP contribution is 2.32. The van der Waals surface area contributed by atoms with Crippen molar-refractivity contribution in [3.8, 4) is 0 Å². The Labute approximate surface area is 113 Å². The maximum absolute atomic E-state index is 13.4. The zero-order valence-electron chi connectivity index (χ0n) is 10.0. The minimum Gasteiger partial charge on any atom is -0.397 e. The van der Waals surface area contributed by atoms with Crippen LogP contribution < -0.4 is 16.0 Å². The van der Waals surface area contributed by atoms with Gasteiger partial charge in [0.25, 0.3) is 0 Å². The Balaban J connectivity index is 2.40. The minimum absolute atomic E-state index is 0.0106. The molecule has 2 rings (SSSR count). The summed E-state index contributed by atoms with van der Waals surface area (Å²) in [7, 11) is 0. The third kappa shape index (κ3) is 2.29. The zero-order valence-corrected chi connectivity index (χ0v) is 11.6. The van der Waals surface area contributed by atoms with E-state index in [1.165, 1.54) is 6.07 Å². The van der Waals surface area contributed by atoms with E-state index in [-0.39, 0.29) is 11.9 Å². The van der Waals surface area contributed by atoms with Gasteiger partial charge in [0.05, 0.1) is 15.8 Å². The maximum Gasteiger partial charge on any atom is 0.242 e. The largest absolute Gasteiger partial charge is 0.397 e. The van der Waals surface area contributed by atoms with Crippen molar-refractivity contribution in [3.63, 3.8) is 0 Å². The Morgan fingerprint density at radius 1 is 1.61 bits per heavy atom. The van der Waals surface area contributed by atoms with E-state index in [4.69, 9.17) is 5.73 Å². The van der Waals surface area contributed by atoms with Crippen molar-refractivity contribution >= 4 is 33.2 Å². The molecule has 0 saturated carbocycles. The number of halogens is 2. The predicted molar refractivity (Wildman–Crippen MR) is 72.9 cm³/mol. The Kier molecular flexibility index (Phi) is 3.75. The normalized spacial score (nSPS) is 19.8. The minimum atomic E-state index is -0.397. The first-order valence-electron chi connectivity index (χ1n) is 5.83. The summed E-state index contributed by atoms with van der Waals surface area (Å²) in [5.74, 6) is -0.408. The molecule has 4 nitrogen and oxygen atoms in total. The van der Waals surface area contributed by atoms with E-state index in [2.05, 4.69) is 21.2 Å². The second kappa shape index (κ2) is 5.14. The molecule has 1 amide bonds. The van der Waals surface area contributed by atoms with Gasteiger partial charge in [0.1, 0.15) is 11.9 Å². The highest BCUT2D eigenvalue weighted by Gasteiger charge is 2.29. The molecule has 1 atom stereocenters. The maximum atomic E-state index is 13.4. The first kappa shape index (κ1) is 13.1. The number of benzene rings is 1. The molecule has 1 fully saturated rings. The molecule has 1 aromatic rings. The van der Waals surface area contributed by atoms with Crippen LogP contribution in [0.25, 0.3) is 0 Å². The van der Waals surface area contributed by atoms with Gasteiger partial charge in [0.2, 0.25) is 5.91 Å². The number of carbonyl (C=O) groups excluding carboxylic acids is 1. The molecule has 1 aromatic carbocycles. The SMILES string of the molecule is CCC1C(=O)NCCN1c1cc(Br)c(F)cc1N. The van der Waals surface area contributed by atoms with Crippen molar-refractivity contribution < 1.29 is 9.18 Å². The summed E-state index contributed by atoms with van der Waals surface area (Å²) in [6.07, 6.45) is 0.681. The van der Waals surface area contributed by atoms with E-state index in [1.807, 2.05) is 11.8 Å². The van der Waals surface area contributed by atoms with Gasteiger partial charge in [0.15, 0.2) is 0 Å². The highest BCUT2D eigenvalue weighted by atomic mass is 79.9. The monoisotopic (exact) mass is 315 g/mol. The number of carbonyl (C=O) groups is 1. The second-order valence-electron chi connectivity index (χ2n) is 4.23. The number of hydrogen-bond donors (Lipinski definition) is 2. The van der Waals surface area contributed by atoms with Crippen molar-refractivity contribution in [1.29, 1.82) is 0 Å². The van der Waals surface area contributed by atoms with Crippen LogP contribution in [0.3, 0.4) is 0 Å². The molecule has 0 radical (unpaired) electrons. The molecule has 1 aliphatic heterocycles. The fourth-order valence-electron chi connectivity index (χ4n) is 2.21.